The van der Waals surface area contributed by atoms with Crippen molar-refractivity contribution in [2.24, 2.45) is 0 Å². The van der Waals surface area contributed by atoms with Crippen molar-refractivity contribution in [3.05, 3.63) is 66.0 Å². The summed E-state index contributed by atoms with van der Waals surface area (Å²) in [4.78, 5) is 17.5. The van der Waals surface area contributed by atoms with Crippen LogP contribution in [0.25, 0.3) is 22.5 Å². The molecule has 0 amide bonds. The predicted molar refractivity (Wildman–Crippen MR) is 84.7 cm³/mol. The molecule has 2 aromatic carbocycles. The minimum absolute atomic E-state index is 0.104. The van der Waals surface area contributed by atoms with Crippen LogP contribution in [0.1, 0.15) is 10.6 Å². The molecule has 146 valence electrons. The number of carbonyl (C=O) groups is 1. The summed E-state index contributed by atoms with van der Waals surface area (Å²) in [6.07, 6.45) is -6.11. The van der Waals surface area contributed by atoms with Crippen molar-refractivity contribution >= 4 is 5.78 Å². The summed E-state index contributed by atoms with van der Waals surface area (Å²) >= 11 is 0. The van der Waals surface area contributed by atoms with Crippen molar-refractivity contribution in [1.29, 1.82) is 0 Å². The molecule has 3 aromatic rings. The van der Waals surface area contributed by atoms with Gasteiger partial charge in [-0.1, -0.05) is 0 Å². The van der Waals surface area contributed by atoms with Crippen molar-refractivity contribution in [1.82, 2.24) is 9.97 Å². The Bertz CT molecular complexity index is 943. The summed E-state index contributed by atoms with van der Waals surface area (Å²) in [7, 11) is 0. The third kappa shape index (κ3) is 3.49. The second kappa shape index (κ2) is 6.77. The molecule has 1 aromatic heterocycles. The molecule has 0 spiro atoms. The third-order valence-corrected chi connectivity index (χ3v) is 3.81. The van der Waals surface area contributed by atoms with Gasteiger partial charge in [0.05, 0.1) is 11.4 Å². The smallest absolute Gasteiger partial charge is 0.335 e. The molecule has 28 heavy (non-hydrogen) atoms. The molecule has 0 atom stereocenters. The van der Waals surface area contributed by atoms with E-state index >= 15 is 0 Å². The highest BCUT2D eigenvalue weighted by molar-refractivity contribution is 6.00. The van der Waals surface area contributed by atoms with Crippen LogP contribution < -0.4 is 0 Å². The van der Waals surface area contributed by atoms with Crippen LogP contribution in [0.5, 0.6) is 0 Å². The number of nitrogens with one attached hydrogen (secondary N) is 1. The number of imidazole rings is 1. The minimum atomic E-state index is -6.11. The van der Waals surface area contributed by atoms with Crippen LogP contribution in [0.3, 0.4) is 0 Å². The zero-order chi connectivity index (χ0) is 20.7. The summed E-state index contributed by atoms with van der Waals surface area (Å²) in [5.41, 5.74) is 0.0369. The first-order valence-electron chi connectivity index (χ1n) is 7.62. The van der Waals surface area contributed by atoms with Gasteiger partial charge in [-0.05, 0) is 48.5 Å². The molecule has 0 aliphatic rings. The average Bonchev–Trinajstić information content (AvgIpc) is 3.06. The lowest BCUT2D eigenvalue weighted by Crippen LogP contribution is -2.44. The van der Waals surface area contributed by atoms with Crippen molar-refractivity contribution in [2.75, 3.05) is 0 Å². The minimum Gasteiger partial charge on any atom is -0.335 e. The van der Waals surface area contributed by atoms with Gasteiger partial charge in [-0.2, -0.15) is 22.0 Å². The molecule has 1 N–H and O–H groups in total. The molecule has 0 unspecified atom stereocenters. The van der Waals surface area contributed by atoms with Gasteiger partial charge in [0.2, 0.25) is 0 Å². The van der Waals surface area contributed by atoms with Gasteiger partial charge in [-0.15, -0.1) is 0 Å². The van der Waals surface area contributed by atoms with Crippen molar-refractivity contribution in [3.63, 3.8) is 0 Å². The highest BCUT2D eigenvalue weighted by atomic mass is 19.4. The van der Waals surface area contributed by atoms with E-state index in [4.69, 9.17) is 0 Å². The maximum Gasteiger partial charge on any atom is 0.461 e. The molecule has 1 heterocycles. The van der Waals surface area contributed by atoms with Gasteiger partial charge < -0.3 is 4.98 Å². The maximum absolute atomic E-state index is 13.4. The van der Waals surface area contributed by atoms with E-state index in [-0.39, 0.29) is 22.5 Å². The molecule has 3 rings (SSSR count). The molecule has 0 saturated carbocycles. The molecule has 10 heteroatoms. The Morgan fingerprint density at radius 1 is 0.786 bits per heavy atom. The quantitative estimate of drug-likeness (QED) is 0.469. The Hall–Kier alpha value is -3.17. The average molecular weight is 402 g/mol. The fourth-order valence-corrected chi connectivity index (χ4v) is 2.40. The Balaban J connectivity index is 2.16. The van der Waals surface area contributed by atoms with E-state index in [2.05, 4.69) is 9.97 Å². The number of halogens is 7. The molecule has 0 aliphatic heterocycles. The number of H-pyrrole nitrogens is 1. The molecular weight excluding hydrogens is 393 g/mol. The zero-order valence-corrected chi connectivity index (χ0v) is 13.6. The van der Waals surface area contributed by atoms with Crippen molar-refractivity contribution < 1.29 is 35.5 Å². The molecule has 0 bridgehead atoms. The number of aromatic amines is 1. The van der Waals surface area contributed by atoms with E-state index in [9.17, 15) is 35.5 Å². The Morgan fingerprint density at radius 2 is 1.25 bits per heavy atom. The van der Waals surface area contributed by atoms with Crippen molar-refractivity contribution in [2.45, 2.75) is 12.1 Å². The first-order valence-corrected chi connectivity index (χ1v) is 7.62. The summed E-state index contributed by atoms with van der Waals surface area (Å²) in [5.74, 6) is -10.7. The topological polar surface area (TPSA) is 45.8 Å². The number of ketones is 1. The number of carbonyl (C=O) groups excluding carboxylic acids is 1. The van der Waals surface area contributed by atoms with Gasteiger partial charge in [0.1, 0.15) is 11.6 Å². The van der Waals surface area contributed by atoms with E-state index in [0.717, 1.165) is 24.3 Å². The lowest BCUT2D eigenvalue weighted by molar-refractivity contribution is -0.256. The van der Waals surface area contributed by atoms with Crippen LogP contribution in [0.4, 0.5) is 30.7 Å². The molecule has 0 radical (unpaired) electrons. The van der Waals surface area contributed by atoms with Crippen LogP contribution in [0.15, 0.2) is 48.5 Å². The van der Waals surface area contributed by atoms with Gasteiger partial charge in [-0.25, -0.2) is 13.8 Å². The second-order valence-electron chi connectivity index (χ2n) is 5.72. The van der Waals surface area contributed by atoms with Crippen LogP contribution in [-0.4, -0.2) is 27.9 Å². The predicted octanol–water partition coefficient (Wildman–Crippen LogP) is 5.40. The Labute approximate surface area is 152 Å². The van der Waals surface area contributed by atoms with E-state index in [0.29, 0.717) is 0 Å². The first kappa shape index (κ1) is 19.6. The normalized spacial score (nSPS) is 12.2. The molecule has 3 nitrogen and oxygen atoms in total. The number of alkyl halides is 5. The maximum atomic E-state index is 13.4. The van der Waals surface area contributed by atoms with Gasteiger partial charge in [0.15, 0.2) is 5.82 Å². The van der Waals surface area contributed by atoms with E-state index in [1.54, 1.807) is 0 Å². The lowest BCUT2D eigenvalue weighted by Gasteiger charge is -2.16. The number of rotatable bonds is 4. The highest BCUT2D eigenvalue weighted by Crippen LogP contribution is 2.39. The number of hydrogen-bond acceptors (Lipinski definition) is 2. The molecule has 0 saturated heterocycles. The largest absolute Gasteiger partial charge is 0.461 e. The molecule has 0 fully saturated rings. The standard InChI is InChI=1S/C18H9F7N2O/c19-11-5-1-9(2-6-11)13-14(10-3-7-12(20)8-4-10)27-16(26-13)15(28)17(21,22)18(23,24)25/h1-8H,(H,26,27). The monoisotopic (exact) mass is 402 g/mol. The van der Waals surface area contributed by atoms with Gasteiger partial charge in [0.25, 0.3) is 5.78 Å². The zero-order valence-electron chi connectivity index (χ0n) is 13.6. The summed E-state index contributed by atoms with van der Waals surface area (Å²) in [6.45, 7) is 0. The highest BCUT2D eigenvalue weighted by Gasteiger charge is 2.64. The van der Waals surface area contributed by atoms with E-state index < -0.39 is 35.3 Å². The SMILES string of the molecule is O=C(c1nc(-c2ccc(F)cc2)c(-c2ccc(F)cc2)[nH]1)C(F)(F)C(F)(F)F. The number of benzene rings is 2. The van der Waals surface area contributed by atoms with Crippen LogP contribution >= 0.6 is 0 Å². The Kier molecular flexibility index (Phi) is 4.74. The summed E-state index contributed by atoms with van der Waals surface area (Å²) in [6, 6.07) is 8.92. The lowest BCUT2D eigenvalue weighted by atomic mass is 10.1. The third-order valence-electron chi connectivity index (χ3n) is 3.81. The fraction of sp³-hybridized carbons (Fsp3) is 0.111. The number of aromatic nitrogens is 2. The van der Waals surface area contributed by atoms with Crippen LogP contribution in [-0.2, 0) is 0 Å². The number of nitrogens with zero attached hydrogens (tertiary/aromatic N) is 1. The summed E-state index contributed by atoms with van der Waals surface area (Å²) in [5, 5.41) is 0. The van der Waals surface area contributed by atoms with E-state index in [1.807, 2.05) is 0 Å². The fourth-order valence-electron chi connectivity index (χ4n) is 2.40. The first-order chi connectivity index (χ1) is 13.0. The van der Waals surface area contributed by atoms with Crippen LogP contribution in [0, 0.1) is 11.6 Å². The molecular formula is C18H9F7N2O. The number of hydrogen-bond donors (Lipinski definition) is 1. The van der Waals surface area contributed by atoms with Gasteiger partial charge in [-0.3, -0.25) is 4.79 Å². The van der Waals surface area contributed by atoms with Gasteiger partial charge >= 0.3 is 12.1 Å². The van der Waals surface area contributed by atoms with Crippen molar-refractivity contribution in [3.8, 4) is 22.5 Å². The molecule has 0 aliphatic carbocycles. The number of Topliss-reactive ketones (excluding diaryl/α,β-unsaturated/α-hetero) is 1. The Morgan fingerprint density at radius 3 is 1.71 bits per heavy atom. The van der Waals surface area contributed by atoms with Crippen LogP contribution in [0.2, 0.25) is 0 Å². The van der Waals surface area contributed by atoms with Gasteiger partial charge in [0, 0.05) is 11.1 Å². The second-order valence-corrected chi connectivity index (χ2v) is 5.72. The van der Waals surface area contributed by atoms with E-state index in [1.165, 1.54) is 24.3 Å². The summed E-state index contributed by atoms with van der Waals surface area (Å²) < 4.78 is 90.7.